The number of carboxylic acid groups (broad SMARTS) is 1. The molecule has 116 valence electrons. The van der Waals surface area contributed by atoms with Crippen molar-refractivity contribution in [3.05, 3.63) is 29.8 Å². The molecule has 0 aliphatic heterocycles. The molecule has 6 heteroatoms. The van der Waals surface area contributed by atoms with Crippen LogP contribution in [0.15, 0.2) is 24.3 Å². The summed E-state index contributed by atoms with van der Waals surface area (Å²) in [6, 6.07) is 6.97. The largest absolute Gasteiger partial charge is 0.481 e. The highest BCUT2D eigenvalue weighted by Crippen LogP contribution is 2.11. The Morgan fingerprint density at radius 1 is 1.29 bits per heavy atom. The number of hydrogen-bond acceptors (Lipinski definition) is 3. The number of ether oxygens (including phenoxy) is 1. The standard InChI is InChI=1S/C15H22N2O4/c1-3-21-11-10-17(2)15(20)16-13-7-4-12(5-8-13)6-9-14(18)19/h4-5,7-8H,3,6,9-11H2,1-2H3,(H,16,20)(H,18,19). The molecule has 0 bridgehead atoms. The smallest absolute Gasteiger partial charge is 0.321 e. The lowest BCUT2D eigenvalue weighted by atomic mass is 10.1. The Kier molecular flexibility index (Phi) is 7.25. The number of nitrogens with one attached hydrogen (secondary N) is 1. The summed E-state index contributed by atoms with van der Waals surface area (Å²) in [7, 11) is 1.70. The number of aryl methyl sites for hydroxylation is 1. The van der Waals surface area contributed by atoms with Crippen molar-refractivity contribution >= 4 is 17.7 Å². The van der Waals surface area contributed by atoms with Crippen molar-refractivity contribution in [2.75, 3.05) is 32.1 Å². The van der Waals surface area contributed by atoms with Gasteiger partial charge >= 0.3 is 12.0 Å². The lowest BCUT2D eigenvalue weighted by Crippen LogP contribution is -2.34. The van der Waals surface area contributed by atoms with Crippen LogP contribution < -0.4 is 5.32 Å². The number of carbonyl (C=O) groups excluding carboxylic acids is 1. The van der Waals surface area contributed by atoms with Crippen LogP contribution in [0.4, 0.5) is 10.5 Å². The summed E-state index contributed by atoms with van der Waals surface area (Å²) in [6.45, 7) is 3.57. The minimum Gasteiger partial charge on any atom is -0.481 e. The molecular weight excluding hydrogens is 272 g/mol. The first-order chi connectivity index (χ1) is 10.0. The average molecular weight is 294 g/mol. The maximum atomic E-state index is 11.9. The van der Waals surface area contributed by atoms with E-state index in [1.54, 1.807) is 24.1 Å². The molecule has 1 aromatic carbocycles. The van der Waals surface area contributed by atoms with Crippen molar-refractivity contribution in [3.8, 4) is 0 Å². The second kappa shape index (κ2) is 8.97. The third-order valence-corrected chi connectivity index (χ3v) is 2.95. The quantitative estimate of drug-likeness (QED) is 0.720. The van der Waals surface area contributed by atoms with Gasteiger partial charge in [-0.15, -0.1) is 0 Å². The number of nitrogens with zero attached hydrogens (tertiary/aromatic N) is 1. The Hall–Kier alpha value is -2.08. The van der Waals surface area contributed by atoms with E-state index in [2.05, 4.69) is 5.32 Å². The van der Waals surface area contributed by atoms with Crippen molar-refractivity contribution in [2.24, 2.45) is 0 Å². The highest BCUT2D eigenvalue weighted by molar-refractivity contribution is 5.89. The number of aliphatic carboxylic acids is 1. The summed E-state index contributed by atoms with van der Waals surface area (Å²) in [5.74, 6) is -0.816. The summed E-state index contributed by atoms with van der Waals surface area (Å²) in [4.78, 5) is 23.9. The van der Waals surface area contributed by atoms with Gasteiger partial charge in [0.25, 0.3) is 0 Å². The van der Waals surface area contributed by atoms with Gasteiger partial charge in [0.05, 0.1) is 6.61 Å². The molecule has 0 aromatic heterocycles. The molecule has 0 aliphatic rings. The van der Waals surface area contributed by atoms with Crippen molar-refractivity contribution in [3.63, 3.8) is 0 Å². The van der Waals surface area contributed by atoms with E-state index in [0.29, 0.717) is 31.9 Å². The number of likely N-dealkylation sites (N-methyl/N-ethyl adjacent to an activating group) is 1. The fraction of sp³-hybridized carbons (Fsp3) is 0.467. The number of carboxylic acids is 1. The molecule has 0 heterocycles. The third kappa shape index (κ3) is 6.76. The van der Waals surface area contributed by atoms with Crippen LogP contribution in [-0.2, 0) is 16.0 Å². The third-order valence-electron chi connectivity index (χ3n) is 2.95. The van der Waals surface area contributed by atoms with Gasteiger partial charge in [0.1, 0.15) is 0 Å². The number of amides is 2. The Labute approximate surface area is 124 Å². The van der Waals surface area contributed by atoms with Gasteiger partial charge in [-0.1, -0.05) is 12.1 Å². The Morgan fingerprint density at radius 2 is 1.95 bits per heavy atom. The first-order valence-corrected chi connectivity index (χ1v) is 6.93. The van der Waals surface area contributed by atoms with Crippen LogP contribution in [0.25, 0.3) is 0 Å². The first-order valence-electron chi connectivity index (χ1n) is 6.93. The van der Waals surface area contributed by atoms with Crippen molar-refractivity contribution < 1.29 is 19.4 Å². The zero-order valence-electron chi connectivity index (χ0n) is 12.5. The van der Waals surface area contributed by atoms with E-state index in [1.165, 1.54) is 0 Å². The number of hydrogen-bond donors (Lipinski definition) is 2. The molecule has 2 N–H and O–H groups in total. The predicted molar refractivity (Wildman–Crippen MR) is 80.5 cm³/mol. The molecule has 0 saturated heterocycles. The van der Waals surface area contributed by atoms with E-state index < -0.39 is 5.97 Å². The number of urea groups is 1. The highest BCUT2D eigenvalue weighted by Gasteiger charge is 2.08. The number of anilines is 1. The summed E-state index contributed by atoms with van der Waals surface area (Å²) in [5.41, 5.74) is 1.61. The lowest BCUT2D eigenvalue weighted by Gasteiger charge is -2.17. The molecule has 0 radical (unpaired) electrons. The van der Waals surface area contributed by atoms with Gasteiger partial charge < -0.3 is 20.1 Å². The van der Waals surface area contributed by atoms with Gasteiger partial charge in [-0.05, 0) is 31.0 Å². The molecule has 0 saturated carbocycles. The Bertz CT molecular complexity index is 459. The second-order valence-electron chi connectivity index (χ2n) is 4.64. The van der Waals surface area contributed by atoms with Gasteiger partial charge in [0.15, 0.2) is 0 Å². The van der Waals surface area contributed by atoms with Crippen LogP contribution in [-0.4, -0.2) is 48.8 Å². The fourth-order valence-electron chi connectivity index (χ4n) is 1.67. The SMILES string of the molecule is CCOCCN(C)C(=O)Nc1ccc(CCC(=O)O)cc1. The van der Waals surface area contributed by atoms with E-state index in [9.17, 15) is 9.59 Å². The molecule has 0 aliphatic carbocycles. The van der Waals surface area contributed by atoms with E-state index in [0.717, 1.165) is 5.56 Å². The number of rotatable bonds is 8. The molecular formula is C15H22N2O4. The normalized spacial score (nSPS) is 10.2. The van der Waals surface area contributed by atoms with Crippen molar-refractivity contribution in [1.82, 2.24) is 4.90 Å². The van der Waals surface area contributed by atoms with E-state index in [1.807, 2.05) is 19.1 Å². The summed E-state index contributed by atoms with van der Waals surface area (Å²) in [5, 5.41) is 11.4. The summed E-state index contributed by atoms with van der Waals surface area (Å²) >= 11 is 0. The molecule has 6 nitrogen and oxygen atoms in total. The van der Waals surface area contributed by atoms with Gasteiger partial charge in [-0.2, -0.15) is 0 Å². The number of benzene rings is 1. The predicted octanol–water partition coefficient (Wildman–Crippen LogP) is 2.20. The maximum absolute atomic E-state index is 11.9. The monoisotopic (exact) mass is 294 g/mol. The van der Waals surface area contributed by atoms with Crippen molar-refractivity contribution in [2.45, 2.75) is 19.8 Å². The van der Waals surface area contributed by atoms with Gasteiger partial charge in [0.2, 0.25) is 0 Å². The van der Waals surface area contributed by atoms with Crippen LogP contribution in [0.2, 0.25) is 0 Å². The summed E-state index contributed by atoms with van der Waals surface area (Å²) in [6.07, 6.45) is 0.587. The van der Waals surface area contributed by atoms with Crippen LogP contribution in [0.3, 0.4) is 0 Å². The molecule has 0 spiro atoms. The van der Waals surface area contributed by atoms with E-state index in [-0.39, 0.29) is 12.5 Å². The minimum atomic E-state index is -0.816. The molecule has 0 atom stereocenters. The average Bonchev–Trinajstić information content (AvgIpc) is 2.46. The molecule has 1 aromatic rings. The minimum absolute atomic E-state index is 0.103. The van der Waals surface area contributed by atoms with E-state index in [4.69, 9.17) is 9.84 Å². The second-order valence-corrected chi connectivity index (χ2v) is 4.64. The first kappa shape index (κ1) is 17.0. The topological polar surface area (TPSA) is 78.9 Å². The van der Waals surface area contributed by atoms with Gasteiger partial charge in [-0.25, -0.2) is 4.79 Å². The van der Waals surface area contributed by atoms with Crippen LogP contribution >= 0.6 is 0 Å². The summed E-state index contributed by atoms with van der Waals surface area (Å²) < 4.78 is 5.20. The van der Waals surface area contributed by atoms with Crippen LogP contribution in [0.5, 0.6) is 0 Å². The zero-order valence-corrected chi connectivity index (χ0v) is 12.5. The molecule has 1 rings (SSSR count). The van der Waals surface area contributed by atoms with E-state index >= 15 is 0 Å². The van der Waals surface area contributed by atoms with Crippen LogP contribution in [0.1, 0.15) is 18.9 Å². The Balaban J connectivity index is 2.43. The molecule has 21 heavy (non-hydrogen) atoms. The molecule has 0 unspecified atom stereocenters. The van der Waals surface area contributed by atoms with Crippen LogP contribution in [0, 0.1) is 0 Å². The van der Waals surface area contributed by atoms with Crippen molar-refractivity contribution in [1.29, 1.82) is 0 Å². The number of carbonyl (C=O) groups is 2. The zero-order chi connectivity index (χ0) is 15.7. The highest BCUT2D eigenvalue weighted by atomic mass is 16.5. The molecule has 0 fully saturated rings. The lowest BCUT2D eigenvalue weighted by molar-refractivity contribution is -0.136. The molecule has 2 amide bonds. The Morgan fingerprint density at radius 3 is 2.52 bits per heavy atom. The van der Waals surface area contributed by atoms with Gasteiger partial charge in [0, 0.05) is 32.3 Å². The van der Waals surface area contributed by atoms with Gasteiger partial charge in [-0.3, -0.25) is 4.79 Å². The maximum Gasteiger partial charge on any atom is 0.321 e. The fourth-order valence-corrected chi connectivity index (χ4v) is 1.67.